The normalized spacial score (nSPS) is 16.9. The zero-order chi connectivity index (χ0) is 12.1. The molecule has 2 amide bonds. The molecule has 0 atom stereocenters. The lowest BCUT2D eigenvalue weighted by molar-refractivity contribution is -0.154. The molecule has 90 valence electrons. The summed E-state index contributed by atoms with van der Waals surface area (Å²) in [7, 11) is 1.63. The molecule has 0 saturated carbocycles. The van der Waals surface area contributed by atoms with Gasteiger partial charge in [-0.05, 0) is 19.8 Å². The second-order valence-electron chi connectivity index (χ2n) is 4.18. The van der Waals surface area contributed by atoms with Crippen molar-refractivity contribution in [2.45, 2.75) is 26.2 Å². The maximum atomic E-state index is 11.5. The molecule has 0 unspecified atom stereocenters. The van der Waals surface area contributed by atoms with Crippen LogP contribution in [0.2, 0.25) is 0 Å². The SMILES string of the molecule is CC(=O)CCCCN1CCN(C)C(=O)C1=O. The van der Waals surface area contributed by atoms with Gasteiger partial charge in [0, 0.05) is 33.1 Å². The molecule has 0 radical (unpaired) electrons. The number of unbranched alkanes of at least 4 members (excludes halogenated alkanes) is 1. The predicted molar refractivity (Wildman–Crippen MR) is 58.7 cm³/mol. The topological polar surface area (TPSA) is 57.7 Å². The number of piperazine rings is 1. The fraction of sp³-hybridized carbons (Fsp3) is 0.727. The monoisotopic (exact) mass is 226 g/mol. The number of amides is 2. The molecule has 1 fully saturated rings. The van der Waals surface area contributed by atoms with Crippen molar-refractivity contribution < 1.29 is 14.4 Å². The van der Waals surface area contributed by atoms with Crippen LogP contribution >= 0.6 is 0 Å². The first-order valence-corrected chi connectivity index (χ1v) is 5.56. The summed E-state index contributed by atoms with van der Waals surface area (Å²) < 4.78 is 0. The summed E-state index contributed by atoms with van der Waals surface area (Å²) in [5.74, 6) is -0.685. The summed E-state index contributed by atoms with van der Waals surface area (Å²) in [6, 6.07) is 0. The van der Waals surface area contributed by atoms with Gasteiger partial charge >= 0.3 is 11.8 Å². The van der Waals surface area contributed by atoms with E-state index in [0.29, 0.717) is 26.1 Å². The average molecular weight is 226 g/mol. The lowest BCUT2D eigenvalue weighted by Crippen LogP contribution is -2.52. The second kappa shape index (κ2) is 5.63. The Balaban J connectivity index is 2.30. The number of ketones is 1. The fourth-order valence-electron chi connectivity index (χ4n) is 1.66. The first-order valence-electron chi connectivity index (χ1n) is 5.56. The van der Waals surface area contributed by atoms with Crippen LogP contribution in [-0.2, 0) is 14.4 Å². The molecule has 16 heavy (non-hydrogen) atoms. The van der Waals surface area contributed by atoms with E-state index in [1.807, 2.05) is 0 Å². The highest BCUT2D eigenvalue weighted by Gasteiger charge is 2.29. The van der Waals surface area contributed by atoms with Crippen molar-refractivity contribution in [3.8, 4) is 0 Å². The van der Waals surface area contributed by atoms with Crippen molar-refractivity contribution in [3.63, 3.8) is 0 Å². The van der Waals surface area contributed by atoms with Gasteiger partial charge in [-0.25, -0.2) is 0 Å². The van der Waals surface area contributed by atoms with Gasteiger partial charge < -0.3 is 14.6 Å². The number of hydrogen-bond acceptors (Lipinski definition) is 3. The van der Waals surface area contributed by atoms with E-state index in [1.54, 1.807) is 18.9 Å². The Morgan fingerprint density at radius 3 is 2.50 bits per heavy atom. The Labute approximate surface area is 95.4 Å². The van der Waals surface area contributed by atoms with Crippen LogP contribution in [0.1, 0.15) is 26.2 Å². The minimum absolute atomic E-state index is 0.167. The van der Waals surface area contributed by atoms with Crippen molar-refractivity contribution >= 4 is 17.6 Å². The molecule has 1 heterocycles. The van der Waals surface area contributed by atoms with Crippen LogP contribution in [0.5, 0.6) is 0 Å². The molecule has 0 aromatic heterocycles. The molecule has 0 aliphatic carbocycles. The molecule has 1 aliphatic rings. The van der Waals surface area contributed by atoms with Crippen LogP contribution in [-0.4, -0.2) is 54.1 Å². The zero-order valence-corrected chi connectivity index (χ0v) is 9.86. The molecular formula is C11H18N2O3. The van der Waals surface area contributed by atoms with Crippen molar-refractivity contribution in [3.05, 3.63) is 0 Å². The van der Waals surface area contributed by atoms with E-state index in [9.17, 15) is 14.4 Å². The maximum absolute atomic E-state index is 11.5. The Hall–Kier alpha value is -1.39. The lowest BCUT2D eigenvalue weighted by atomic mass is 10.2. The highest BCUT2D eigenvalue weighted by atomic mass is 16.2. The van der Waals surface area contributed by atoms with Crippen LogP contribution in [0.4, 0.5) is 0 Å². The van der Waals surface area contributed by atoms with Gasteiger partial charge in [-0.2, -0.15) is 0 Å². The summed E-state index contributed by atoms with van der Waals surface area (Å²) >= 11 is 0. The van der Waals surface area contributed by atoms with Gasteiger partial charge in [-0.1, -0.05) is 0 Å². The van der Waals surface area contributed by atoms with E-state index in [1.165, 1.54) is 4.90 Å². The Bertz CT molecular complexity index is 302. The highest BCUT2D eigenvalue weighted by molar-refractivity contribution is 6.35. The molecule has 0 aromatic rings. The van der Waals surface area contributed by atoms with Gasteiger partial charge in [0.25, 0.3) is 0 Å². The Kier molecular flexibility index (Phi) is 4.46. The van der Waals surface area contributed by atoms with Crippen LogP contribution in [0.3, 0.4) is 0 Å². The van der Waals surface area contributed by atoms with E-state index in [4.69, 9.17) is 0 Å². The van der Waals surface area contributed by atoms with Crippen LogP contribution in [0, 0.1) is 0 Å². The quantitative estimate of drug-likeness (QED) is 0.491. The maximum Gasteiger partial charge on any atom is 0.312 e. The lowest BCUT2D eigenvalue weighted by Gasteiger charge is -2.31. The van der Waals surface area contributed by atoms with Gasteiger partial charge in [-0.3, -0.25) is 9.59 Å². The number of Topliss-reactive ketones (excluding diaryl/α,β-unsaturated/α-hetero) is 1. The first kappa shape index (κ1) is 12.7. The average Bonchev–Trinajstić information content (AvgIpc) is 2.23. The predicted octanol–water partition coefficient (Wildman–Crippen LogP) is 0.0463. The minimum atomic E-state index is -0.433. The Morgan fingerprint density at radius 2 is 1.88 bits per heavy atom. The molecular weight excluding hydrogens is 208 g/mol. The van der Waals surface area contributed by atoms with E-state index in [-0.39, 0.29) is 5.78 Å². The number of nitrogens with zero attached hydrogens (tertiary/aromatic N) is 2. The fourth-order valence-corrected chi connectivity index (χ4v) is 1.66. The van der Waals surface area contributed by atoms with Crippen LogP contribution < -0.4 is 0 Å². The summed E-state index contributed by atoms with van der Waals surface area (Å²) in [4.78, 5) is 36.6. The molecule has 5 nitrogen and oxygen atoms in total. The molecule has 0 N–H and O–H groups in total. The third kappa shape index (κ3) is 3.32. The van der Waals surface area contributed by atoms with Crippen molar-refractivity contribution in [2.24, 2.45) is 0 Å². The van der Waals surface area contributed by atoms with E-state index in [0.717, 1.165) is 12.8 Å². The van der Waals surface area contributed by atoms with E-state index >= 15 is 0 Å². The van der Waals surface area contributed by atoms with E-state index in [2.05, 4.69) is 0 Å². The van der Waals surface area contributed by atoms with Gasteiger partial charge in [0.05, 0.1) is 0 Å². The standard InChI is InChI=1S/C11H18N2O3/c1-9(14)5-3-4-6-13-8-7-12(2)10(15)11(13)16/h3-8H2,1-2H3. The number of carbonyl (C=O) groups is 3. The largest absolute Gasteiger partial charge is 0.336 e. The molecule has 5 heteroatoms. The molecule has 0 spiro atoms. The summed E-state index contributed by atoms with van der Waals surface area (Å²) in [5, 5.41) is 0. The first-order chi connectivity index (χ1) is 7.52. The third-order valence-electron chi connectivity index (χ3n) is 2.73. The Morgan fingerprint density at radius 1 is 1.19 bits per heavy atom. The second-order valence-corrected chi connectivity index (χ2v) is 4.18. The van der Waals surface area contributed by atoms with Crippen LogP contribution in [0.25, 0.3) is 0 Å². The summed E-state index contributed by atoms with van der Waals surface area (Å²) in [5.41, 5.74) is 0. The van der Waals surface area contributed by atoms with Gasteiger partial charge in [0.15, 0.2) is 0 Å². The molecule has 1 saturated heterocycles. The minimum Gasteiger partial charge on any atom is -0.336 e. The molecule has 0 aromatic carbocycles. The number of likely N-dealkylation sites (N-methyl/N-ethyl adjacent to an activating group) is 1. The van der Waals surface area contributed by atoms with Crippen molar-refractivity contribution in [1.82, 2.24) is 9.80 Å². The zero-order valence-electron chi connectivity index (χ0n) is 9.86. The van der Waals surface area contributed by atoms with Crippen LogP contribution in [0.15, 0.2) is 0 Å². The van der Waals surface area contributed by atoms with Crippen molar-refractivity contribution in [1.29, 1.82) is 0 Å². The third-order valence-corrected chi connectivity index (χ3v) is 2.73. The summed E-state index contributed by atoms with van der Waals surface area (Å²) in [6.45, 7) is 3.33. The molecule has 1 rings (SSSR count). The smallest absolute Gasteiger partial charge is 0.312 e. The van der Waals surface area contributed by atoms with Gasteiger partial charge in [-0.15, -0.1) is 0 Å². The summed E-state index contributed by atoms with van der Waals surface area (Å²) in [6.07, 6.45) is 2.11. The molecule has 0 bridgehead atoms. The number of rotatable bonds is 5. The number of carbonyl (C=O) groups excluding carboxylic acids is 3. The van der Waals surface area contributed by atoms with Crippen molar-refractivity contribution in [2.75, 3.05) is 26.7 Å². The molecule has 1 aliphatic heterocycles. The van der Waals surface area contributed by atoms with Gasteiger partial charge in [0.2, 0.25) is 0 Å². The highest BCUT2D eigenvalue weighted by Crippen LogP contribution is 2.06. The van der Waals surface area contributed by atoms with E-state index < -0.39 is 11.8 Å². The number of hydrogen-bond donors (Lipinski definition) is 0. The van der Waals surface area contributed by atoms with Gasteiger partial charge in [0.1, 0.15) is 5.78 Å².